The highest BCUT2D eigenvalue weighted by atomic mass is 16.5. The Kier molecular flexibility index (Phi) is 3.65. The van der Waals surface area contributed by atoms with Crippen LogP contribution in [-0.2, 0) is 4.74 Å². The van der Waals surface area contributed by atoms with Crippen LogP contribution in [0, 0.1) is 0 Å². The Morgan fingerprint density at radius 3 is 2.48 bits per heavy atom. The first-order chi connectivity index (χ1) is 10.2. The predicted molar refractivity (Wildman–Crippen MR) is 82.0 cm³/mol. The van der Waals surface area contributed by atoms with Crippen LogP contribution in [-0.4, -0.2) is 11.0 Å². The van der Waals surface area contributed by atoms with Crippen LogP contribution in [0.5, 0.6) is 0 Å². The minimum absolute atomic E-state index is 0.299. The molecule has 0 saturated heterocycles. The molecule has 0 amide bonds. The summed E-state index contributed by atoms with van der Waals surface area (Å²) in [7, 11) is 0. The average molecular weight is 277 g/mol. The van der Waals surface area contributed by atoms with Crippen molar-refractivity contribution < 1.29 is 9.53 Å². The number of esters is 1. The van der Waals surface area contributed by atoms with Crippen molar-refractivity contribution in [3.05, 3.63) is 78.0 Å². The van der Waals surface area contributed by atoms with E-state index in [4.69, 9.17) is 4.74 Å². The fourth-order valence-electron chi connectivity index (χ4n) is 2.19. The van der Waals surface area contributed by atoms with Crippen molar-refractivity contribution in [3.63, 3.8) is 0 Å². The number of rotatable bonds is 3. The molecule has 1 atom stereocenters. The van der Waals surface area contributed by atoms with Crippen LogP contribution in [0.25, 0.3) is 10.9 Å². The number of hydrogen-bond acceptors (Lipinski definition) is 3. The van der Waals surface area contributed by atoms with Gasteiger partial charge in [0.1, 0.15) is 11.8 Å². The van der Waals surface area contributed by atoms with Crippen molar-refractivity contribution in [3.8, 4) is 0 Å². The molecule has 1 heterocycles. The largest absolute Gasteiger partial charge is 0.453 e. The maximum Gasteiger partial charge on any atom is 0.357 e. The SMILES string of the molecule is CC(OC(=O)c1ccc2ccccc2n1)c1ccccc1. The highest BCUT2D eigenvalue weighted by Gasteiger charge is 2.14. The number of nitrogens with zero attached hydrogens (tertiary/aromatic N) is 1. The molecule has 104 valence electrons. The lowest BCUT2D eigenvalue weighted by molar-refractivity contribution is 0.0331. The molecule has 0 N–H and O–H groups in total. The number of para-hydroxylation sites is 1. The highest BCUT2D eigenvalue weighted by Crippen LogP contribution is 2.19. The van der Waals surface area contributed by atoms with Gasteiger partial charge < -0.3 is 4.74 Å². The molecular weight excluding hydrogens is 262 g/mol. The van der Waals surface area contributed by atoms with Gasteiger partial charge in [-0.25, -0.2) is 9.78 Å². The second kappa shape index (κ2) is 5.75. The molecule has 3 heteroatoms. The standard InChI is InChI=1S/C18H15NO2/c1-13(14-7-3-2-4-8-14)21-18(20)17-12-11-15-9-5-6-10-16(15)19-17/h2-13H,1H3. The van der Waals surface area contributed by atoms with E-state index in [2.05, 4.69) is 4.98 Å². The maximum atomic E-state index is 12.2. The smallest absolute Gasteiger partial charge is 0.357 e. The summed E-state index contributed by atoms with van der Waals surface area (Å²) in [6.45, 7) is 1.86. The molecule has 3 aromatic rings. The van der Waals surface area contributed by atoms with E-state index in [1.165, 1.54) is 0 Å². The molecule has 0 radical (unpaired) electrons. The second-order valence-corrected chi connectivity index (χ2v) is 4.85. The fourth-order valence-corrected chi connectivity index (χ4v) is 2.19. The lowest BCUT2D eigenvalue weighted by atomic mass is 10.1. The zero-order valence-electron chi connectivity index (χ0n) is 11.7. The van der Waals surface area contributed by atoms with Crippen LogP contribution in [0.3, 0.4) is 0 Å². The lowest BCUT2D eigenvalue weighted by Crippen LogP contribution is -2.10. The van der Waals surface area contributed by atoms with Gasteiger partial charge in [-0.2, -0.15) is 0 Å². The van der Waals surface area contributed by atoms with Gasteiger partial charge in [0.05, 0.1) is 5.52 Å². The number of fused-ring (bicyclic) bond motifs is 1. The topological polar surface area (TPSA) is 39.2 Å². The molecule has 21 heavy (non-hydrogen) atoms. The number of carbonyl (C=O) groups is 1. The van der Waals surface area contributed by atoms with Crippen LogP contribution < -0.4 is 0 Å². The van der Waals surface area contributed by atoms with Crippen LogP contribution in [0.4, 0.5) is 0 Å². The van der Waals surface area contributed by atoms with Gasteiger partial charge in [0.2, 0.25) is 0 Å². The summed E-state index contributed by atoms with van der Waals surface area (Å²) in [5, 5.41) is 1.00. The molecule has 0 bridgehead atoms. The average Bonchev–Trinajstić information content (AvgIpc) is 2.55. The molecule has 1 aromatic heterocycles. The Labute approximate surface area is 123 Å². The van der Waals surface area contributed by atoms with E-state index >= 15 is 0 Å². The number of pyridine rings is 1. The fraction of sp³-hybridized carbons (Fsp3) is 0.111. The van der Waals surface area contributed by atoms with E-state index in [1.807, 2.05) is 67.6 Å². The lowest BCUT2D eigenvalue weighted by Gasteiger charge is -2.13. The van der Waals surface area contributed by atoms with Crippen molar-refractivity contribution in [2.75, 3.05) is 0 Å². The third-order valence-electron chi connectivity index (χ3n) is 3.36. The van der Waals surface area contributed by atoms with Gasteiger partial charge in [0, 0.05) is 5.39 Å². The summed E-state index contributed by atoms with van der Waals surface area (Å²) in [5.74, 6) is -0.405. The highest BCUT2D eigenvalue weighted by molar-refractivity contribution is 5.91. The number of benzene rings is 2. The second-order valence-electron chi connectivity index (χ2n) is 4.85. The molecule has 0 aliphatic carbocycles. The Bertz CT molecular complexity index is 768. The number of carbonyl (C=O) groups excluding carboxylic acids is 1. The van der Waals surface area contributed by atoms with Gasteiger partial charge >= 0.3 is 5.97 Å². The molecule has 3 nitrogen and oxygen atoms in total. The number of aromatic nitrogens is 1. The first-order valence-electron chi connectivity index (χ1n) is 6.86. The van der Waals surface area contributed by atoms with E-state index in [0.717, 1.165) is 16.5 Å². The van der Waals surface area contributed by atoms with Gasteiger partial charge in [-0.1, -0.05) is 54.6 Å². The van der Waals surface area contributed by atoms with Crippen LogP contribution in [0.15, 0.2) is 66.7 Å². The Balaban J connectivity index is 1.80. The van der Waals surface area contributed by atoms with Gasteiger partial charge in [0.25, 0.3) is 0 Å². The number of hydrogen-bond donors (Lipinski definition) is 0. The quantitative estimate of drug-likeness (QED) is 0.675. The van der Waals surface area contributed by atoms with Crippen molar-refractivity contribution in [2.45, 2.75) is 13.0 Å². The zero-order chi connectivity index (χ0) is 14.7. The Morgan fingerprint density at radius 2 is 1.67 bits per heavy atom. The molecule has 3 rings (SSSR count). The summed E-state index contributed by atoms with van der Waals surface area (Å²) >= 11 is 0. The molecule has 0 aliphatic rings. The minimum atomic E-state index is -0.405. The van der Waals surface area contributed by atoms with Crippen molar-refractivity contribution in [1.82, 2.24) is 4.98 Å². The third kappa shape index (κ3) is 2.92. The maximum absolute atomic E-state index is 12.2. The summed E-state index contributed by atoms with van der Waals surface area (Å²) in [4.78, 5) is 16.5. The van der Waals surface area contributed by atoms with Crippen molar-refractivity contribution >= 4 is 16.9 Å². The summed E-state index contributed by atoms with van der Waals surface area (Å²) in [5.41, 5.74) is 2.09. The normalized spacial score (nSPS) is 12.0. The first kappa shape index (κ1) is 13.3. The van der Waals surface area contributed by atoms with Crippen LogP contribution in [0.2, 0.25) is 0 Å². The zero-order valence-corrected chi connectivity index (χ0v) is 11.7. The minimum Gasteiger partial charge on any atom is -0.453 e. The molecular formula is C18H15NO2. The van der Waals surface area contributed by atoms with E-state index in [-0.39, 0.29) is 6.10 Å². The molecule has 0 fully saturated rings. The van der Waals surface area contributed by atoms with Gasteiger partial charge in [0.15, 0.2) is 0 Å². The van der Waals surface area contributed by atoms with Crippen LogP contribution in [0.1, 0.15) is 29.1 Å². The van der Waals surface area contributed by atoms with E-state index in [0.29, 0.717) is 5.69 Å². The van der Waals surface area contributed by atoms with Gasteiger partial charge in [-0.05, 0) is 24.6 Å². The third-order valence-corrected chi connectivity index (χ3v) is 3.36. The van der Waals surface area contributed by atoms with E-state index < -0.39 is 5.97 Å². The molecule has 2 aromatic carbocycles. The van der Waals surface area contributed by atoms with Crippen LogP contribution >= 0.6 is 0 Å². The summed E-state index contributed by atoms with van der Waals surface area (Å²) in [6, 6.07) is 20.9. The monoisotopic (exact) mass is 277 g/mol. The predicted octanol–water partition coefficient (Wildman–Crippen LogP) is 4.15. The van der Waals surface area contributed by atoms with E-state index in [1.54, 1.807) is 6.07 Å². The molecule has 0 saturated carbocycles. The Morgan fingerprint density at radius 1 is 0.952 bits per heavy atom. The van der Waals surface area contributed by atoms with Crippen molar-refractivity contribution in [2.24, 2.45) is 0 Å². The Hall–Kier alpha value is -2.68. The first-order valence-corrected chi connectivity index (χ1v) is 6.86. The molecule has 1 unspecified atom stereocenters. The summed E-state index contributed by atoms with van der Waals surface area (Å²) in [6.07, 6.45) is -0.299. The van der Waals surface area contributed by atoms with Gasteiger partial charge in [-0.15, -0.1) is 0 Å². The van der Waals surface area contributed by atoms with E-state index in [9.17, 15) is 4.79 Å². The molecule has 0 spiro atoms. The van der Waals surface area contributed by atoms with Crippen molar-refractivity contribution in [1.29, 1.82) is 0 Å². The summed E-state index contributed by atoms with van der Waals surface area (Å²) < 4.78 is 5.47. The number of ether oxygens (including phenoxy) is 1. The molecule has 0 aliphatic heterocycles. The van der Waals surface area contributed by atoms with Gasteiger partial charge in [-0.3, -0.25) is 0 Å².